The number of aromatic nitrogens is 5. The molecule has 0 aliphatic carbocycles. The lowest BCUT2D eigenvalue weighted by Crippen LogP contribution is -2.24. The highest BCUT2D eigenvalue weighted by atomic mass is 32.2. The summed E-state index contributed by atoms with van der Waals surface area (Å²) in [6.45, 7) is 0.681. The molecule has 2 aromatic heterocycles. The molecule has 0 spiro atoms. The smallest absolute Gasteiger partial charge is 0.230 e. The number of amides is 1. The number of nitrogens with one attached hydrogen (secondary N) is 1. The fourth-order valence-electron chi connectivity index (χ4n) is 2.75. The summed E-state index contributed by atoms with van der Waals surface area (Å²) >= 11 is 1.26. The molecule has 0 bridgehead atoms. The predicted molar refractivity (Wildman–Crippen MR) is 108 cm³/mol. The normalized spacial score (nSPS) is 10.9. The Hall–Kier alpha value is -3.33. The van der Waals surface area contributed by atoms with Crippen LogP contribution in [0.1, 0.15) is 11.1 Å². The van der Waals surface area contributed by atoms with E-state index in [1.165, 1.54) is 28.8 Å². The predicted octanol–water partition coefficient (Wildman–Crippen LogP) is 2.82. The minimum atomic E-state index is -0.310. The summed E-state index contributed by atoms with van der Waals surface area (Å²) in [6.07, 6.45) is 1.40. The molecule has 2 heterocycles. The van der Waals surface area contributed by atoms with Gasteiger partial charge in [-0.1, -0.05) is 65.5 Å². The molecule has 0 fully saturated rings. The molecule has 9 heteroatoms. The van der Waals surface area contributed by atoms with Gasteiger partial charge in [-0.3, -0.25) is 4.79 Å². The maximum atomic E-state index is 13.9. The minimum absolute atomic E-state index is 0.107. The van der Waals surface area contributed by atoms with E-state index in [9.17, 15) is 9.18 Å². The van der Waals surface area contributed by atoms with Crippen LogP contribution in [0.3, 0.4) is 0 Å². The Bertz CT molecular complexity index is 1130. The van der Waals surface area contributed by atoms with Crippen LogP contribution in [0.4, 0.5) is 4.39 Å². The van der Waals surface area contributed by atoms with Gasteiger partial charge in [-0.05, 0) is 11.6 Å². The molecule has 146 valence electrons. The first-order valence-corrected chi connectivity index (χ1v) is 9.90. The molecule has 7 nitrogen and oxygen atoms in total. The van der Waals surface area contributed by atoms with Gasteiger partial charge in [-0.25, -0.2) is 19.0 Å². The third kappa shape index (κ3) is 4.57. The van der Waals surface area contributed by atoms with Crippen molar-refractivity contribution in [2.24, 2.45) is 0 Å². The van der Waals surface area contributed by atoms with Crippen molar-refractivity contribution in [3.8, 4) is 0 Å². The zero-order chi connectivity index (χ0) is 20.1. The van der Waals surface area contributed by atoms with E-state index in [2.05, 4.69) is 25.6 Å². The Labute approximate surface area is 170 Å². The van der Waals surface area contributed by atoms with Crippen molar-refractivity contribution in [1.82, 2.24) is 30.3 Å². The van der Waals surface area contributed by atoms with E-state index >= 15 is 0 Å². The van der Waals surface area contributed by atoms with Crippen LogP contribution in [0.2, 0.25) is 0 Å². The van der Waals surface area contributed by atoms with Gasteiger partial charge in [-0.15, -0.1) is 5.10 Å². The molecule has 0 unspecified atom stereocenters. The fraction of sp³-hybridized carbons (Fsp3) is 0.150. The van der Waals surface area contributed by atoms with Crippen molar-refractivity contribution in [3.05, 3.63) is 77.9 Å². The number of nitrogens with zero attached hydrogens (tertiary/aromatic N) is 5. The molecule has 4 rings (SSSR count). The molecule has 0 radical (unpaired) electrons. The van der Waals surface area contributed by atoms with Crippen molar-refractivity contribution in [2.45, 2.75) is 18.1 Å². The van der Waals surface area contributed by atoms with Gasteiger partial charge in [-0.2, -0.15) is 0 Å². The molecule has 0 saturated carbocycles. The Morgan fingerprint density at radius 2 is 1.86 bits per heavy atom. The van der Waals surface area contributed by atoms with Crippen molar-refractivity contribution in [1.29, 1.82) is 0 Å². The zero-order valence-electron chi connectivity index (χ0n) is 15.3. The molecular weight excluding hydrogens is 391 g/mol. The molecule has 0 saturated heterocycles. The Morgan fingerprint density at radius 3 is 2.69 bits per heavy atom. The van der Waals surface area contributed by atoms with E-state index in [0.29, 0.717) is 28.3 Å². The average Bonchev–Trinajstić information content (AvgIpc) is 3.16. The van der Waals surface area contributed by atoms with Crippen LogP contribution in [0.5, 0.6) is 0 Å². The first-order valence-electron chi connectivity index (χ1n) is 8.92. The summed E-state index contributed by atoms with van der Waals surface area (Å²) in [4.78, 5) is 20.6. The van der Waals surface area contributed by atoms with Crippen molar-refractivity contribution in [3.63, 3.8) is 0 Å². The number of fused-ring (bicyclic) bond motifs is 1. The molecule has 29 heavy (non-hydrogen) atoms. The van der Waals surface area contributed by atoms with E-state index in [-0.39, 0.29) is 24.0 Å². The van der Waals surface area contributed by atoms with Crippen LogP contribution in [0, 0.1) is 5.82 Å². The second-order valence-corrected chi connectivity index (χ2v) is 7.20. The Kier molecular flexibility index (Phi) is 5.76. The van der Waals surface area contributed by atoms with Gasteiger partial charge in [0, 0.05) is 12.1 Å². The number of halogens is 1. The van der Waals surface area contributed by atoms with Crippen molar-refractivity contribution >= 4 is 28.8 Å². The van der Waals surface area contributed by atoms with Crippen LogP contribution in [0.15, 0.2) is 66.0 Å². The summed E-state index contributed by atoms with van der Waals surface area (Å²) in [6, 6.07) is 16.2. The van der Waals surface area contributed by atoms with Gasteiger partial charge in [0.05, 0.1) is 12.3 Å². The molecular formula is C20H17FN6OS. The van der Waals surface area contributed by atoms with Gasteiger partial charge >= 0.3 is 0 Å². The first kappa shape index (κ1) is 19.0. The van der Waals surface area contributed by atoms with E-state index in [0.717, 1.165) is 5.56 Å². The highest BCUT2D eigenvalue weighted by molar-refractivity contribution is 8.00. The number of hydrogen-bond acceptors (Lipinski definition) is 6. The summed E-state index contributed by atoms with van der Waals surface area (Å²) in [5, 5.41) is 11.6. The van der Waals surface area contributed by atoms with Crippen molar-refractivity contribution < 1.29 is 9.18 Å². The average molecular weight is 408 g/mol. The lowest BCUT2D eigenvalue weighted by molar-refractivity contribution is -0.118. The van der Waals surface area contributed by atoms with E-state index in [1.807, 2.05) is 30.3 Å². The fourth-order valence-corrected chi connectivity index (χ4v) is 3.51. The topological polar surface area (TPSA) is 85.6 Å². The van der Waals surface area contributed by atoms with Gasteiger partial charge in [0.2, 0.25) is 5.91 Å². The monoisotopic (exact) mass is 408 g/mol. The molecule has 0 atom stereocenters. The largest absolute Gasteiger partial charge is 0.351 e. The SMILES string of the molecule is O=C(CSc1ncnc2c1nnn2Cc1ccccc1F)NCc1ccccc1. The standard InChI is InChI=1S/C20H17FN6OS/c21-16-9-5-4-8-15(16)11-27-19-18(25-26-27)20(24-13-23-19)29-12-17(28)22-10-14-6-2-1-3-7-14/h1-9,13H,10-12H2,(H,22,28). The van der Waals surface area contributed by atoms with E-state index in [1.54, 1.807) is 18.2 Å². The number of rotatable bonds is 7. The number of thioether (sulfide) groups is 1. The lowest BCUT2D eigenvalue weighted by atomic mass is 10.2. The second-order valence-electron chi connectivity index (χ2n) is 6.24. The summed E-state index contributed by atoms with van der Waals surface area (Å²) < 4.78 is 15.4. The van der Waals surface area contributed by atoms with Crippen LogP contribution in [-0.2, 0) is 17.9 Å². The summed E-state index contributed by atoms with van der Waals surface area (Å²) in [5.41, 5.74) is 2.51. The zero-order valence-corrected chi connectivity index (χ0v) is 16.1. The molecule has 4 aromatic rings. The third-order valence-electron chi connectivity index (χ3n) is 4.22. The van der Waals surface area contributed by atoms with Gasteiger partial charge < -0.3 is 5.32 Å². The molecule has 2 aromatic carbocycles. The molecule has 0 aliphatic rings. The summed E-state index contributed by atoms with van der Waals surface area (Å²) in [5.74, 6) is -0.224. The molecule has 1 amide bonds. The maximum absolute atomic E-state index is 13.9. The van der Waals surface area contributed by atoms with Crippen LogP contribution < -0.4 is 5.32 Å². The van der Waals surface area contributed by atoms with Crippen molar-refractivity contribution in [2.75, 3.05) is 5.75 Å². The first-order chi connectivity index (χ1) is 14.2. The maximum Gasteiger partial charge on any atom is 0.230 e. The number of benzene rings is 2. The van der Waals surface area contributed by atoms with Gasteiger partial charge in [0.25, 0.3) is 0 Å². The van der Waals surface area contributed by atoms with Crippen LogP contribution in [0.25, 0.3) is 11.2 Å². The number of carbonyl (C=O) groups is 1. The van der Waals surface area contributed by atoms with Crippen LogP contribution in [-0.4, -0.2) is 36.6 Å². The molecule has 1 N–H and O–H groups in total. The molecule has 0 aliphatic heterocycles. The minimum Gasteiger partial charge on any atom is -0.351 e. The Morgan fingerprint density at radius 1 is 1.07 bits per heavy atom. The Balaban J connectivity index is 1.42. The van der Waals surface area contributed by atoms with Gasteiger partial charge in [0.15, 0.2) is 11.2 Å². The second kappa shape index (κ2) is 8.78. The number of carbonyl (C=O) groups excluding carboxylic acids is 1. The highest BCUT2D eigenvalue weighted by Crippen LogP contribution is 2.23. The lowest BCUT2D eigenvalue weighted by Gasteiger charge is -2.05. The number of hydrogen-bond donors (Lipinski definition) is 1. The third-order valence-corrected chi connectivity index (χ3v) is 5.20. The van der Waals surface area contributed by atoms with E-state index in [4.69, 9.17) is 0 Å². The van der Waals surface area contributed by atoms with Crippen LogP contribution >= 0.6 is 11.8 Å². The van der Waals surface area contributed by atoms with Gasteiger partial charge in [0.1, 0.15) is 17.2 Å². The summed E-state index contributed by atoms with van der Waals surface area (Å²) in [7, 11) is 0. The van der Waals surface area contributed by atoms with E-state index < -0.39 is 0 Å². The highest BCUT2D eigenvalue weighted by Gasteiger charge is 2.14. The quantitative estimate of drug-likeness (QED) is 0.374.